The van der Waals surface area contributed by atoms with Crippen LogP contribution in [0.3, 0.4) is 0 Å². The Morgan fingerprint density at radius 2 is 1.68 bits per heavy atom. The van der Waals surface area contributed by atoms with Gasteiger partial charge in [0.05, 0.1) is 0 Å². The lowest BCUT2D eigenvalue weighted by Gasteiger charge is -2.33. The molecule has 0 aliphatic carbocycles. The van der Waals surface area contributed by atoms with Gasteiger partial charge < -0.3 is 4.90 Å². The van der Waals surface area contributed by atoms with Gasteiger partial charge in [-0.25, -0.2) is 0 Å². The summed E-state index contributed by atoms with van der Waals surface area (Å²) in [7, 11) is 0. The highest BCUT2D eigenvalue weighted by atomic mass is 15.1. The van der Waals surface area contributed by atoms with Gasteiger partial charge in [-0.3, -0.25) is 4.90 Å². The molecule has 0 fully saturated rings. The van der Waals surface area contributed by atoms with Crippen LogP contribution >= 0.6 is 0 Å². The average Bonchev–Trinajstić information content (AvgIpc) is 2.58. The lowest BCUT2D eigenvalue weighted by Crippen LogP contribution is -2.36. The molecule has 3 atom stereocenters. The molecule has 0 aromatic rings. The molecule has 2 heteroatoms. The molecule has 0 bridgehead atoms. The van der Waals surface area contributed by atoms with E-state index in [2.05, 4.69) is 69.6 Å². The second-order valence-electron chi connectivity index (χ2n) is 10.1. The van der Waals surface area contributed by atoms with E-state index in [1.54, 1.807) is 5.57 Å². The third-order valence-corrected chi connectivity index (χ3v) is 7.31. The first-order chi connectivity index (χ1) is 13.4. The molecule has 0 amide bonds. The minimum absolute atomic E-state index is 0.670. The van der Waals surface area contributed by atoms with Crippen LogP contribution < -0.4 is 0 Å². The normalized spacial score (nSPS) is 28.7. The third-order valence-electron chi connectivity index (χ3n) is 7.31. The van der Waals surface area contributed by atoms with Gasteiger partial charge >= 0.3 is 0 Å². The van der Waals surface area contributed by atoms with E-state index < -0.39 is 0 Å². The maximum Gasteiger partial charge on any atom is 0.0166 e. The molecule has 0 saturated carbocycles. The molecule has 28 heavy (non-hydrogen) atoms. The summed E-state index contributed by atoms with van der Waals surface area (Å²) >= 11 is 0. The molecule has 0 spiro atoms. The Kier molecular flexibility index (Phi) is 10.3. The number of hydrogen-bond donors (Lipinski definition) is 0. The van der Waals surface area contributed by atoms with Gasteiger partial charge in [0.1, 0.15) is 0 Å². The molecule has 0 N–H and O–H groups in total. The van der Waals surface area contributed by atoms with Crippen molar-refractivity contribution in [1.82, 2.24) is 9.80 Å². The molecule has 3 unspecified atom stereocenters. The lowest BCUT2D eigenvalue weighted by atomic mass is 9.84. The van der Waals surface area contributed by atoms with Crippen LogP contribution in [0.25, 0.3) is 0 Å². The Morgan fingerprint density at radius 1 is 0.929 bits per heavy atom. The van der Waals surface area contributed by atoms with Gasteiger partial charge in [-0.2, -0.15) is 0 Å². The highest BCUT2D eigenvalue weighted by molar-refractivity contribution is 5.06. The highest BCUT2D eigenvalue weighted by Gasteiger charge is 2.21. The second-order valence-corrected chi connectivity index (χ2v) is 10.1. The Morgan fingerprint density at radius 3 is 2.39 bits per heavy atom. The summed E-state index contributed by atoms with van der Waals surface area (Å²) in [5.41, 5.74) is 1.69. The standard InChI is InChI=1S/C26H48N2/c1-21(2)25-11-7-19-28(20-8-12-25)24(6)16-15-23(5)26-13-9-17-27(22(3)4)18-10-14-26/h9,11,13,21-24,26H,7-8,10,12,14-20H2,1-6H3/b13-9-,25-11+. The third kappa shape index (κ3) is 7.67. The van der Waals surface area contributed by atoms with E-state index >= 15 is 0 Å². The minimum Gasteiger partial charge on any atom is -0.300 e. The number of nitrogens with zero attached hydrogens (tertiary/aromatic N) is 2. The minimum atomic E-state index is 0.670. The van der Waals surface area contributed by atoms with Crippen LogP contribution in [0.5, 0.6) is 0 Å². The fourth-order valence-corrected chi connectivity index (χ4v) is 5.01. The van der Waals surface area contributed by atoms with E-state index in [4.69, 9.17) is 0 Å². The largest absolute Gasteiger partial charge is 0.300 e. The van der Waals surface area contributed by atoms with E-state index in [9.17, 15) is 0 Å². The highest BCUT2D eigenvalue weighted by Crippen LogP contribution is 2.27. The molecule has 2 nitrogen and oxygen atoms in total. The van der Waals surface area contributed by atoms with Gasteiger partial charge in [0, 0.05) is 25.2 Å². The zero-order valence-electron chi connectivity index (χ0n) is 19.8. The van der Waals surface area contributed by atoms with Gasteiger partial charge in [-0.05, 0) is 96.6 Å². The van der Waals surface area contributed by atoms with Crippen molar-refractivity contribution in [3.8, 4) is 0 Å². The molecule has 162 valence electrons. The molecule has 2 aliphatic rings. The first kappa shape index (κ1) is 23.7. The van der Waals surface area contributed by atoms with E-state index in [1.807, 2.05) is 0 Å². The van der Waals surface area contributed by atoms with Gasteiger partial charge in [-0.15, -0.1) is 0 Å². The molecular weight excluding hydrogens is 340 g/mol. The van der Waals surface area contributed by atoms with Gasteiger partial charge in [0.2, 0.25) is 0 Å². The Balaban J connectivity index is 1.78. The van der Waals surface area contributed by atoms with Crippen molar-refractivity contribution >= 4 is 0 Å². The zero-order valence-corrected chi connectivity index (χ0v) is 19.8. The summed E-state index contributed by atoms with van der Waals surface area (Å²) < 4.78 is 0. The van der Waals surface area contributed by atoms with Gasteiger partial charge in [0.15, 0.2) is 0 Å². The van der Waals surface area contributed by atoms with Gasteiger partial charge in [0.25, 0.3) is 0 Å². The molecule has 0 aromatic heterocycles. The van der Waals surface area contributed by atoms with Crippen molar-refractivity contribution in [2.75, 3.05) is 26.2 Å². The number of hydrogen-bond acceptors (Lipinski definition) is 2. The van der Waals surface area contributed by atoms with Crippen molar-refractivity contribution in [3.05, 3.63) is 23.8 Å². The Hall–Kier alpha value is -0.600. The zero-order chi connectivity index (χ0) is 20.5. The monoisotopic (exact) mass is 388 g/mol. The lowest BCUT2D eigenvalue weighted by molar-refractivity contribution is 0.182. The van der Waals surface area contributed by atoms with E-state index in [0.717, 1.165) is 30.3 Å². The van der Waals surface area contributed by atoms with Crippen LogP contribution in [0, 0.1) is 17.8 Å². The summed E-state index contributed by atoms with van der Waals surface area (Å²) in [5, 5.41) is 0. The van der Waals surface area contributed by atoms with Crippen LogP contribution in [0.1, 0.15) is 86.5 Å². The predicted octanol–water partition coefficient (Wildman–Crippen LogP) is 6.54. The fourth-order valence-electron chi connectivity index (χ4n) is 5.01. The van der Waals surface area contributed by atoms with E-state index in [0.29, 0.717) is 6.04 Å². The first-order valence-corrected chi connectivity index (χ1v) is 12.2. The first-order valence-electron chi connectivity index (χ1n) is 12.2. The van der Waals surface area contributed by atoms with Crippen molar-refractivity contribution in [2.45, 2.75) is 98.6 Å². The quantitative estimate of drug-likeness (QED) is 0.457. The SMILES string of the molecule is CC(C)/C1=C/CCN(C(C)CCC(C)C2/C=C\CN(C(C)C)CCC2)CCC1. The van der Waals surface area contributed by atoms with Crippen molar-refractivity contribution in [3.63, 3.8) is 0 Å². The molecule has 0 radical (unpaired) electrons. The molecule has 2 heterocycles. The number of rotatable bonds is 7. The second kappa shape index (κ2) is 12.2. The summed E-state index contributed by atoms with van der Waals surface area (Å²) in [6.07, 6.45) is 16.8. The van der Waals surface area contributed by atoms with E-state index in [1.165, 1.54) is 64.6 Å². The van der Waals surface area contributed by atoms with E-state index in [-0.39, 0.29) is 0 Å². The summed E-state index contributed by atoms with van der Waals surface area (Å²) in [5.74, 6) is 2.33. The summed E-state index contributed by atoms with van der Waals surface area (Å²) in [6, 6.07) is 1.40. The Bertz CT molecular complexity index is 491. The fraction of sp³-hybridized carbons (Fsp3) is 0.846. The molecule has 2 rings (SSSR count). The van der Waals surface area contributed by atoms with Crippen molar-refractivity contribution in [1.29, 1.82) is 0 Å². The van der Waals surface area contributed by atoms with Crippen molar-refractivity contribution < 1.29 is 0 Å². The van der Waals surface area contributed by atoms with Crippen LogP contribution in [0.15, 0.2) is 23.8 Å². The molecular formula is C26H48N2. The average molecular weight is 389 g/mol. The van der Waals surface area contributed by atoms with Gasteiger partial charge in [-0.1, -0.05) is 44.6 Å². The Labute approximate surface area is 176 Å². The van der Waals surface area contributed by atoms with Crippen LogP contribution in [-0.4, -0.2) is 48.1 Å². The van der Waals surface area contributed by atoms with Crippen LogP contribution in [0.4, 0.5) is 0 Å². The van der Waals surface area contributed by atoms with Crippen LogP contribution in [0.2, 0.25) is 0 Å². The molecule has 0 aromatic carbocycles. The van der Waals surface area contributed by atoms with Crippen molar-refractivity contribution in [2.24, 2.45) is 17.8 Å². The maximum absolute atomic E-state index is 2.76. The number of allylic oxidation sites excluding steroid dienone is 2. The molecule has 2 aliphatic heterocycles. The smallest absolute Gasteiger partial charge is 0.0166 e. The van der Waals surface area contributed by atoms with Crippen LogP contribution in [-0.2, 0) is 0 Å². The summed E-state index contributed by atoms with van der Waals surface area (Å²) in [4.78, 5) is 5.36. The summed E-state index contributed by atoms with van der Waals surface area (Å²) in [6.45, 7) is 19.2. The maximum atomic E-state index is 2.76. The topological polar surface area (TPSA) is 6.48 Å². The predicted molar refractivity (Wildman–Crippen MR) is 125 cm³/mol. The molecule has 0 saturated heterocycles.